The number of fused-ring (bicyclic) bond motifs is 3. The number of benzene rings is 1. The van der Waals surface area contributed by atoms with Gasteiger partial charge in [-0.15, -0.1) is 0 Å². The molecule has 1 aromatic carbocycles. The second-order valence-corrected chi connectivity index (χ2v) is 5.47. The van der Waals surface area contributed by atoms with Crippen LogP contribution in [-0.2, 0) is 11.2 Å². The predicted molar refractivity (Wildman–Crippen MR) is 74.5 cm³/mol. The Kier molecular flexibility index (Phi) is 3.21. The Balaban J connectivity index is 1.94. The summed E-state index contributed by atoms with van der Waals surface area (Å²) in [7, 11) is 1.74. The van der Waals surface area contributed by atoms with Crippen molar-refractivity contribution in [2.45, 2.75) is 44.6 Å². The Hall–Kier alpha value is -1.51. The summed E-state index contributed by atoms with van der Waals surface area (Å²) >= 11 is 0. The molecule has 0 N–H and O–H groups in total. The molecule has 2 atom stereocenters. The Morgan fingerprint density at radius 3 is 3.00 bits per heavy atom. The predicted octanol–water partition coefficient (Wildman–Crippen LogP) is 2.74. The first kappa shape index (κ1) is 12.5. The molecular formula is C16H21NO2. The summed E-state index contributed by atoms with van der Waals surface area (Å²) in [6, 6.07) is 6.74. The number of hydrogen-bond donors (Lipinski definition) is 0. The summed E-state index contributed by atoms with van der Waals surface area (Å²) in [4.78, 5) is 14.1. The molecule has 1 amide bonds. The van der Waals surface area contributed by atoms with Crippen molar-refractivity contribution in [3.8, 4) is 5.75 Å². The van der Waals surface area contributed by atoms with Gasteiger partial charge in [0.15, 0.2) is 0 Å². The zero-order chi connectivity index (χ0) is 13.4. The standard InChI is InChI=1S/C16H21NO2/c1-3-16(18)17-10-9-12-11-5-4-6-15(19-2)13(11)7-8-14(12)17/h4-6,12,14H,3,7-10H2,1-2H3/t12-,14+/m0/s1. The summed E-state index contributed by atoms with van der Waals surface area (Å²) in [6.45, 7) is 2.87. The maximum Gasteiger partial charge on any atom is 0.222 e. The lowest BCUT2D eigenvalue weighted by Gasteiger charge is -2.33. The van der Waals surface area contributed by atoms with Crippen molar-refractivity contribution in [3.63, 3.8) is 0 Å². The summed E-state index contributed by atoms with van der Waals surface area (Å²) in [5.41, 5.74) is 2.76. The van der Waals surface area contributed by atoms with Gasteiger partial charge in [0.25, 0.3) is 0 Å². The number of nitrogens with zero attached hydrogens (tertiary/aromatic N) is 1. The van der Waals surface area contributed by atoms with Crippen LogP contribution in [0, 0.1) is 0 Å². The molecule has 1 heterocycles. The van der Waals surface area contributed by atoms with E-state index in [0.717, 1.165) is 31.6 Å². The van der Waals surface area contributed by atoms with Gasteiger partial charge in [0.05, 0.1) is 7.11 Å². The van der Waals surface area contributed by atoms with Crippen molar-refractivity contribution < 1.29 is 9.53 Å². The molecule has 1 aliphatic carbocycles. The molecule has 3 heteroatoms. The second kappa shape index (κ2) is 4.87. The lowest BCUT2D eigenvalue weighted by molar-refractivity contribution is -0.131. The van der Waals surface area contributed by atoms with Gasteiger partial charge in [0.2, 0.25) is 5.91 Å². The molecule has 3 rings (SSSR count). The fourth-order valence-electron chi connectivity index (χ4n) is 3.77. The molecule has 0 bridgehead atoms. The number of amides is 1. The van der Waals surface area contributed by atoms with Crippen LogP contribution in [0.2, 0.25) is 0 Å². The van der Waals surface area contributed by atoms with Crippen molar-refractivity contribution in [1.29, 1.82) is 0 Å². The number of carbonyl (C=O) groups is 1. The van der Waals surface area contributed by atoms with Crippen LogP contribution in [0.1, 0.15) is 43.2 Å². The molecule has 0 unspecified atom stereocenters. The van der Waals surface area contributed by atoms with Gasteiger partial charge in [-0.25, -0.2) is 0 Å². The Bertz CT molecular complexity index is 498. The molecule has 0 saturated carbocycles. The van der Waals surface area contributed by atoms with Crippen molar-refractivity contribution in [1.82, 2.24) is 4.90 Å². The van der Waals surface area contributed by atoms with Gasteiger partial charge in [0.1, 0.15) is 5.75 Å². The van der Waals surface area contributed by atoms with Crippen LogP contribution in [0.15, 0.2) is 18.2 Å². The first-order valence-corrected chi connectivity index (χ1v) is 7.21. The third-order valence-corrected chi connectivity index (χ3v) is 4.65. The zero-order valence-electron chi connectivity index (χ0n) is 11.7. The van der Waals surface area contributed by atoms with E-state index in [9.17, 15) is 4.79 Å². The second-order valence-electron chi connectivity index (χ2n) is 5.47. The summed E-state index contributed by atoms with van der Waals surface area (Å²) in [5.74, 6) is 1.82. The molecule has 1 aliphatic heterocycles. The van der Waals surface area contributed by atoms with E-state index in [0.29, 0.717) is 24.3 Å². The van der Waals surface area contributed by atoms with Gasteiger partial charge in [0, 0.05) is 24.9 Å². The third kappa shape index (κ3) is 1.92. The summed E-state index contributed by atoms with van der Waals surface area (Å²) < 4.78 is 5.48. The molecule has 3 nitrogen and oxygen atoms in total. The zero-order valence-corrected chi connectivity index (χ0v) is 11.7. The van der Waals surface area contributed by atoms with E-state index in [1.54, 1.807) is 7.11 Å². The number of carbonyl (C=O) groups excluding carboxylic acids is 1. The van der Waals surface area contributed by atoms with Gasteiger partial charge < -0.3 is 9.64 Å². The minimum atomic E-state index is 0.304. The minimum absolute atomic E-state index is 0.304. The maximum atomic E-state index is 12.0. The third-order valence-electron chi connectivity index (χ3n) is 4.65. The van der Waals surface area contributed by atoms with Crippen LogP contribution >= 0.6 is 0 Å². The monoisotopic (exact) mass is 259 g/mol. The smallest absolute Gasteiger partial charge is 0.222 e. The number of rotatable bonds is 2. The Labute approximate surface area is 114 Å². The lowest BCUT2D eigenvalue weighted by atomic mass is 9.79. The largest absolute Gasteiger partial charge is 0.496 e. The first-order chi connectivity index (χ1) is 9.26. The molecule has 0 radical (unpaired) electrons. The highest BCUT2D eigenvalue weighted by Gasteiger charge is 2.40. The topological polar surface area (TPSA) is 29.5 Å². The number of hydrogen-bond acceptors (Lipinski definition) is 2. The summed E-state index contributed by atoms with van der Waals surface area (Å²) in [6.07, 6.45) is 3.81. The van der Waals surface area contributed by atoms with Gasteiger partial charge >= 0.3 is 0 Å². The van der Waals surface area contributed by atoms with Crippen molar-refractivity contribution in [2.75, 3.05) is 13.7 Å². The van der Waals surface area contributed by atoms with Crippen LogP contribution in [0.25, 0.3) is 0 Å². The van der Waals surface area contributed by atoms with Gasteiger partial charge in [-0.05, 0) is 36.5 Å². The molecule has 102 valence electrons. The maximum absolute atomic E-state index is 12.0. The van der Waals surface area contributed by atoms with Gasteiger partial charge in [-0.2, -0.15) is 0 Å². The average Bonchev–Trinajstić information content (AvgIpc) is 2.90. The lowest BCUT2D eigenvalue weighted by Crippen LogP contribution is -2.39. The van der Waals surface area contributed by atoms with Crippen molar-refractivity contribution in [2.24, 2.45) is 0 Å². The fraction of sp³-hybridized carbons (Fsp3) is 0.562. The Morgan fingerprint density at radius 1 is 1.42 bits per heavy atom. The van der Waals surface area contributed by atoms with E-state index in [-0.39, 0.29) is 0 Å². The van der Waals surface area contributed by atoms with Crippen LogP contribution < -0.4 is 4.74 Å². The van der Waals surface area contributed by atoms with E-state index < -0.39 is 0 Å². The molecule has 1 saturated heterocycles. The molecule has 19 heavy (non-hydrogen) atoms. The van der Waals surface area contributed by atoms with Crippen molar-refractivity contribution >= 4 is 5.91 Å². The normalized spacial score (nSPS) is 24.8. The SMILES string of the molecule is CCC(=O)N1CC[C@H]2c3cccc(OC)c3CC[C@H]21. The quantitative estimate of drug-likeness (QED) is 0.817. The van der Waals surface area contributed by atoms with E-state index in [2.05, 4.69) is 17.0 Å². The van der Waals surface area contributed by atoms with Crippen LogP contribution in [-0.4, -0.2) is 30.5 Å². The van der Waals surface area contributed by atoms with Crippen LogP contribution in [0.5, 0.6) is 5.75 Å². The first-order valence-electron chi connectivity index (χ1n) is 7.21. The minimum Gasteiger partial charge on any atom is -0.496 e. The molecule has 1 fully saturated rings. The number of likely N-dealkylation sites (tertiary alicyclic amines) is 1. The van der Waals surface area contributed by atoms with Gasteiger partial charge in [-0.1, -0.05) is 19.1 Å². The molecular weight excluding hydrogens is 238 g/mol. The van der Waals surface area contributed by atoms with Gasteiger partial charge in [-0.3, -0.25) is 4.79 Å². The molecule has 2 aliphatic rings. The highest BCUT2D eigenvalue weighted by atomic mass is 16.5. The van der Waals surface area contributed by atoms with E-state index in [4.69, 9.17) is 4.74 Å². The van der Waals surface area contributed by atoms with Crippen molar-refractivity contribution in [3.05, 3.63) is 29.3 Å². The summed E-state index contributed by atoms with van der Waals surface area (Å²) in [5, 5.41) is 0. The highest BCUT2D eigenvalue weighted by Crippen LogP contribution is 2.44. The average molecular weight is 259 g/mol. The molecule has 0 spiro atoms. The number of methoxy groups -OCH3 is 1. The van der Waals surface area contributed by atoms with Crippen LogP contribution in [0.3, 0.4) is 0 Å². The van der Waals surface area contributed by atoms with E-state index in [1.165, 1.54) is 11.1 Å². The fourth-order valence-corrected chi connectivity index (χ4v) is 3.77. The number of ether oxygens (including phenoxy) is 1. The Morgan fingerprint density at radius 2 is 2.26 bits per heavy atom. The van der Waals surface area contributed by atoms with Crippen LogP contribution in [0.4, 0.5) is 0 Å². The van der Waals surface area contributed by atoms with E-state index in [1.807, 2.05) is 13.0 Å². The molecule has 1 aromatic rings. The molecule has 0 aromatic heterocycles. The van der Waals surface area contributed by atoms with E-state index >= 15 is 0 Å². The highest BCUT2D eigenvalue weighted by molar-refractivity contribution is 5.77.